The van der Waals surface area contributed by atoms with Crippen LogP contribution >= 0.6 is 0 Å². The summed E-state index contributed by atoms with van der Waals surface area (Å²) in [5.41, 5.74) is 6.52. The summed E-state index contributed by atoms with van der Waals surface area (Å²) in [4.78, 5) is 2.56. The molecule has 0 radical (unpaired) electrons. The minimum absolute atomic E-state index is 0.0833. The third-order valence-electron chi connectivity index (χ3n) is 3.14. The van der Waals surface area contributed by atoms with Crippen molar-refractivity contribution in [2.24, 2.45) is 5.73 Å². The molecule has 128 valence electrons. The number of benzene rings is 1. The van der Waals surface area contributed by atoms with Crippen molar-refractivity contribution in [3.8, 4) is 0 Å². The Hall–Kier alpha value is -0.940. The van der Waals surface area contributed by atoms with Gasteiger partial charge in [-0.15, -0.1) is 0 Å². The van der Waals surface area contributed by atoms with Gasteiger partial charge in [0.05, 0.1) is 19.8 Å². The topological polar surface area (TPSA) is 58.7 Å². The van der Waals surface area contributed by atoms with Crippen LogP contribution < -0.4 is 5.73 Å². The largest absolute Gasteiger partial charge is 0.394 e. The summed E-state index contributed by atoms with van der Waals surface area (Å²) in [6.45, 7) is 9.74. The average Bonchev–Trinajstić information content (AvgIpc) is 2.55. The summed E-state index contributed by atoms with van der Waals surface area (Å²) in [6.07, 6.45) is 3.70. The summed E-state index contributed by atoms with van der Waals surface area (Å²) in [5, 5.41) is 8.13. The molecule has 0 bridgehead atoms. The minimum Gasteiger partial charge on any atom is -0.394 e. The number of ether oxygens (including phenoxy) is 1. The van der Waals surface area contributed by atoms with E-state index in [0.29, 0.717) is 19.8 Å². The lowest BCUT2D eigenvalue weighted by Gasteiger charge is -2.20. The van der Waals surface area contributed by atoms with E-state index < -0.39 is 0 Å². The Morgan fingerprint density at radius 2 is 1.64 bits per heavy atom. The minimum atomic E-state index is 0.0833. The van der Waals surface area contributed by atoms with E-state index in [0.717, 1.165) is 0 Å². The van der Waals surface area contributed by atoms with Crippen LogP contribution in [-0.4, -0.2) is 56.0 Å². The van der Waals surface area contributed by atoms with Crippen molar-refractivity contribution < 1.29 is 9.84 Å². The van der Waals surface area contributed by atoms with Crippen LogP contribution in [-0.2, 0) is 11.2 Å². The maximum atomic E-state index is 8.13. The average molecular weight is 310 g/mol. The highest BCUT2D eigenvalue weighted by Crippen LogP contribution is 2.02. The van der Waals surface area contributed by atoms with E-state index in [-0.39, 0.29) is 6.61 Å². The predicted molar refractivity (Wildman–Crippen MR) is 94.1 cm³/mol. The highest BCUT2D eigenvalue weighted by molar-refractivity contribution is 5.14. The van der Waals surface area contributed by atoms with Gasteiger partial charge in [-0.25, -0.2) is 0 Å². The molecule has 22 heavy (non-hydrogen) atoms. The quantitative estimate of drug-likeness (QED) is 0.616. The molecular formula is C18H34N2O2. The number of hydrogen-bond acceptors (Lipinski definition) is 4. The molecule has 0 heterocycles. The molecule has 4 heteroatoms. The number of hydrogen-bond donors (Lipinski definition) is 2. The first-order chi connectivity index (χ1) is 10.8. The van der Waals surface area contributed by atoms with Gasteiger partial charge in [-0.05, 0) is 37.9 Å². The molecule has 0 saturated heterocycles. The van der Waals surface area contributed by atoms with Crippen LogP contribution in [0, 0.1) is 0 Å². The van der Waals surface area contributed by atoms with Crippen molar-refractivity contribution in [1.82, 2.24) is 4.90 Å². The molecule has 0 aromatic heterocycles. The smallest absolute Gasteiger partial charge is 0.0698 e. The summed E-state index contributed by atoms with van der Waals surface area (Å²) in [5.74, 6) is 0. The van der Waals surface area contributed by atoms with E-state index in [1.807, 2.05) is 0 Å². The fourth-order valence-electron chi connectivity index (χ4n) is 2.15. The van der Waals surface area contributed by atoms with Crippen LogP contribution in [0.15, 0.2) is 30.3 Å². The van der Waals surface area contributed by atoms with E-state index in [1.54, 1.807) is 0 Å². The summed E-state index contributed by atoms with van der Waals surface area (Å²) in [6, 6.07) is 10.8. The Morgan fingerprint density at radius 3 is 2.14 bits per heavy atom. The zero-order chi connectivity index (χ0) is 16.5. The number of rotatable bonds is 11. The Morgan fingerprint density at radius 1 is 1.00 bits per heavy atom. The van der Waals surface area contributed by atoms with Crippen LogP contribution in [0.25, 0.3) is 0 Å². The first-order valence-corrected chi connectivity index (χ1v) is 8.43. The zero-order valence-electron chi connectivity index (χ0n) is 14.3. The summed E-state index contributed by atoms with van der Waals surface area (Å²) < 4.78 is 4.76. The van der Waals surface area contributed by atoms with E-state index in [2.05, 4.69) is 49.1 Å². The lowest BCUT2D eigenvalue weighted by molar-refractivity contribution is 0.0976. The molecule has 0 amide bonds. The van der Waals surface area contributed by atoms with E-state index in [4.69, 9.17) is 15.6 Å². The molecule has 0 saturated carbocycles. The maximum absolute atomic E-state index is 8.13. The Balaban J connectivity index is 0.000000534. The molecule has 0 atom stereocenters. The molecule has 4 nitrogen and oxygen atoms in total. The summed E-state index contributed by atoms with van der Waals surface area (Å²) >= 11 is 0. The molecule has 3 N–H and O–H groups in total. The molecule has 1 aromatic rings. The molecule has 0 aliphatic carbocycles. The number of nitrogens with two attached hydrogens (primary N) is 1. The summed E-state index contributed by atoms with van der Waals surface area (Å²) in [7, 11) is 0. The monoisotopic (exact) mass is 310 g/mol. The van der Waals surface area contributed by atoms with Crippen molar-refractivity contribution in [1.29, 1.82) is 0 Å². The highest BCUT2D eigenvalue weighted by atomic mass is 16.5. The van der Waals surface area contributed by atoms with E-state index >= 15 is 0 Å². The third-order valence-corrected chi connectivity index (χ3v) is 3.14. The molecule has 1 rings (SSSR count). The second-order valence-corrected chi connectivity index (χ2v) is 5.20. The Labute approximate surface area is 136 Å². The Bertz CT molecular complexity index is 310. The van der Waals surface area contributed by atoms with Gasteiger partial charge in [0.15, 0.2) is 0 Å². The van der Waals surface area contributed by atoms with Gasteiger partial charge in [0.2, 0.25) is 0 Å². The second-order valence-electron chi connectivity index (χ2n) is 5.20. The van der Waals surface area contributed by atoms with Gasteiger partial charge in [0.1, 0.15) is 0 Å². The van der Waals surface area contributed by atoms with E-state index in [9.17, 15) is 0 Å². The number of aliphatic hydroxyl groups is 1. The zero-order valence-corrected chi connectivity index (χ0v) is 14.3. The molecule has 0 spiro atoms. The fourth-order valence-corrected chi connectivity index (χ4v) is 2.15. The normalized spacial score (nSPS) is 10.4. The molecule has 0 unspecified atom stereocenters. The molecule has 0 aliphatic rings. The van der Waals surface area contributed by atoms with Crippen LogP contribution in [0.5, 0.6) is 0 Å². The molecule has 0 aliphatic heterocycles. The molecule has 0 fully saturated rings. The highest BCUT2D eigenvalue weighted by Gasteiger charge is 2.02. The van der Waals surface area contributed by atoms with Crippen LogP contribution in [0.4, 0.5) is 0 Å². The fraction of sp³-hybridized carbons (Fsp3) is 0.667. The second kappa shape index (κ2) is 16.4. The van der Waals surface area contributed by atoms with Crippen LogP contribution in [0.1, 0.15) is 32.3 Å². The van der Waals surface area contributed by atoms with Crippen molar-refractivity contribution in [2.45, 2.75) is 33.1 Å². The van der Waals surface area contributed by atoms with Crippen molar-refractivity contribution in [3.05, 3.63) is 35.9 Å². The van der Waals surface area contributed by atoms with Crippen molar-refractivity contribution in [3.63, 3.8) is 0 Å². The van der Waals surface area contributed by atoms with Crippen LogP contribution in [0.2, 0.25) is 0 Å². The maximum Gasteiger partial charge on any atom is 0.0698 e. The SMILES string of the molecule is CCCN(CCC)CCc1ccccc1.NCCOCCO. The molecular weight excluding hydrogens is 276 g/mol. The first-order valence-electron chi connectivity index (χ1n) is 8.43. The molecule has 1 aromatic carbocycles. The third kappa shape index (κ3) is 12.8. The van der Waals surface area contributed by atoms with Crippen molar-refractivity contribution in [2.75, 3.05) is 46.0 Å². The van der Waals surface area contributed by atoms with Crippen LogP contribution in [0.3, 0.4) is 0 Å². The standard InChI is InChI=1S/C14H23N.C4H11NO2/c1-3-11-15(12-4-2)13-10-14-8-6-5-7-9-14;5-1-3-7-4-2-6/h5-9H,3-4,10-13H2,1-2H3;6H,1-5H2. The van der Waals surface area contributed by atoms with Gasteiger partial charge >= 0.3 is 0 Å². The van der Waals surface area contributed by atoms with Gasteiger partial charge in [-0.2, -0.15) is 0 Å². The van der Waals surface area contributed by atoms with Gasteiger partial charge in [0.25, 0.3) is 0 Å². The van der Waals surface area contributed by atoms with Crippen molar-refractivity contribution >= 4 is 0 Å². The number of nitrogens with zero attached hydrogens (tertiary/aromatic N) is 1. The lowest BCUT2D eigenvalue weighted by atomic mass is 10.1. The number of aliphatic hydroxyl groups excluding tert-OH is 1. The van der Waals surface area contributed by atoms with Gasteiger partial charge in [0, 0.05) is 13.1 Å². The lowest BCUT2D eigenvalue weighted by Crippen LogP contribution is -2.27. The Kier molecular flexibility index (Phi) is 15.7. The van der Waals surface area contributed by atoms with Gasteiger partial charge in [-0.3, -0.25) is 0 Å². The van der Waals surface area contributed by atoms with E-state index in [1.165, 1.54) is 44.5 Å². The predicted octanol–water partition coefficient (Wildman–Crippen LogP) is 2.31. The van der Waals surface area contributed by atoms with Gasteiger partial charge in [-0.1, -0.05) is 44.2 Å². The first kappa shape index (κ1) is 21.1. The van der Waals surface area contributed by atoms with Gasteiger partial charge < -0.3 is 20.5 Å².